The van der Waals surface area contributed by atoms with Gasteiger partial charge in [-0.15, -0.1) is 11.6 Å². The van der Waals surface area contributed by atoms with Gasteiger partial charge >= 0.3 is 0 Å². The Bertz CT molecular complexity index is 707. The molecular weight excluding hydrogens is 379 g/mol. The Kier molecular flexibility index (Phi) is 7.57. The zero-order valence-corrected chi connectivity index (χ0v) is 16.4. The third-order valence-corrected chi connectivity index (χ3v) is 4.97. The van der Waals surface area contributed by atoms with Crippen molar-refractivity contribution in [3.8, 4) is 0 Å². The normalized spacial score (nSPS) is 12.4. The summed E-state index contributed by atoms with van der Waals surface area (Å²) in [5.41, 5.74) is 1.79. The summed E-state index contributed by atoms with van der Waals surface area (Å²) in [4.78, 5) is 14.8. The van der Waals surface area contributed by atoms with Crippen LogP contribution in [0.15, 0.2) is 48.5 Å². The van der Waals surface area contributed by atoms with Gasteiger partial charge in [0.2, 0.25) is 5.91 Å². The molecule has 0 aliphatic rings. The first-order valence-corrected chi connectivity index (χ1v) is 9.31. The molecule has 0 bridgehead atoms. The minimum absolute atomic E-state index is 0.0828. The predicted molar refractivity (Wildman–Crippen MR) is 105 cm³/mol. The van der Waals surface area contributed by atoms with Crippen molar-refractivity contribution in [3.05, 3.63) is 69.7 Å². The predicted octanol–water partition coefficient (Wildman–Crippen LogP) is 5.26. The molecule has 2 aromatic carbocycles. The Balaban J connectivity index is 2.26. The van der Waals surface area contributed by atoms with Gasteiger partial charge in [-0.2, -0.15) is 0 Å². The molecule has 1 amide bonds. The van der Waals surface area contributed by atoms with Gasteiger partial charge < -0.3 is 5.32 Å². The lowest BCUT2D eigenvalue weighted by molar-refractivity contribution is -0.127. The minimum atomic E-state index is -0.545. The van der Waals surface area contributed by atoms with E-state index >= 15 is 0 Å². The topological polar surface area (TPSA) is 32.3 Å². The van der Waals surface area contributed by atoms with E-state index in [-0.39, 0.29) is 18.0 Å². The van der Waals surface area contributed by atoms with Crippen LogP contribution in [-0.4, -0.2) is 22.9 Å². The van der Waals surface area contributed by atoms with Crippen molar-refractivity contribution in [1.29, 1.82) is 0 Å². The fourth-order valence-electron chi connectivity index (χ4n) is 2.56. The highest BCUT2D eigenvalue weighted by molar-refractivity contribution is 6.42. The fourth-order valence-corrected chi connectivity index (χ4v) is 3.28. The molecular formula is C19H21Cl3N2O. The van der Waals surface area contributed by atoms with Crippen molar-refractivity contribution in [3.63, 3.8) is 0 Å². The first-order chi connectivity index (χ1) is 11.9. The van der Waals surface area contributed by atoms with Gasteiger partial charge in [-0.25, -0.2) is 0 Å². The second kappa shape index (κ2) is 9.44. The highest BCUT2D eigenvalue weighted by Crippen LogP contribution is 2.30. The van der Waals surface area contributed by atoms with E-state index in [2.05, 4.69) is 5.32 Å². The number of benzene rings is 2. The summed E-state index contributed by atoms with van der Waals surface area (Å²) < 4.78 is 0. The van der Waals surface area contributed by atoms with Gasteiger partial charge in [0.25, 0.3) is 0 Å². The molecule has 25 heavy (non-hydrogen) atoms. The molecule has 0 spiro atoms. The monoisotopic (exact) mass is 398 g/mol. The van der Waals surface area contributed by atoms with Crippen LogP contribution < -0.4 is 5.32 Å². The molecule has 1 N–H and O–H groups in total. The van der Waals surface area contributed by atoms with Gasteiger partial charge in [0.1, 0.15) is 6.04 Å². The molecule has 2 rings (SSSR count). The van der Waals surface area contributed by atoms with Crippen molar-refractivity contribution in [2.45, 2.75) is 32.5 Å². The smallest absolute Gasteiger partial charge is 0.242 e. The van der Waals surface area contributed by atoms with Crippen molar-refractivity contribution in [2.75, 3.05) is 6.00 Å². The number of carbonyl (C=O) groups is 1. The number of nitrogens with zero attached hydrogens (tertiary/aromatic N) is 1. The molecule has 0 fully saturated rings. The number of carbonyl (C=O) groups excluding carboxylic acids is 1. The van der Waals surface area contributed by atoms with E-state index in [0.29, 0.717) is 16.6 Å². The second-order valence-electron chi connectivity index (χ2n) is 6.01. The van der Waals surface area contributed by atoms with E-state index < -0.39 is 6.04 Å². The second-order valence-corrected chi connectivity index (χ2v) is 7.06. The highest BCUT2D eigenvalue weighted by atomic mass is 35.5. The van der Waals surface area contributed by atoms with E-state index in [0.717, 1.165) is 11.1 Å². The molecule has 0 aromatic heterocycles. The minimum Gasteiger partial charge on any atom is -0.350 e. The number of hydrogen-bond donors (Lipinski definition) is 1. The summed E-state index contributed by atoms with van der Waals surface area (Å²) >= 11 is 18.3. The lowest BCUT2D eigenvalue weighted by Gasteiger charge is -2.32. The van der Waals surface area contributed by atoms with Crippen LogP contribution in [-0.2, 0) is 11.3 Å². The maximum Gasteiger partial charge on any atom is 0.242 e. The summed E-state index contributed by atoms with van der Waals surface area (Å²) in [6.45, 7) is 4.44. The quantitative estimate of drug-likeness (QED) is 0.509. The zero-order valence-electron chi connectivity index (χ0n) is 14.2. The lowest BCUT2D eigenvalue weighted by atomic mass is 10.0. The number of rotatable bonds is 7. The lowest BCUT2D eigenvalue weighted by Crippen LogP contribution is -2.43. The fraction of sp³-hybridized carbons (Fsp3) is 0.316. The maximum atomic E-state index is 12.9. The Morgan fingerprint density at radius 2 is 1.76 bits per heavy atom. The molecule has 0 aliphatic heterocycles. The zero-order chi connectivity index (χ0) is 18.4. The number of halogens is 3. The van der Waals surface area contributed by atoms with E-state index in [9.17, 15) is 4.79 Å². The van der Waals surface area contributed by atoms with Crippen LogP contribution in [0.3, 0.4) is 0 Å². The average Bonchev–Trinajstić information content (AvgIpc) is 2.60. The van der Waals surface area contributed by atoms with Crippen LogP contribution in [0, 0.1) is 0 Å². The van der Waals surface area contributed by atoms with Gasteiger partial charge in [-0.1, -0.05) is 59.6 Å². The number of hydrogen-bond acceptors (Lipinski definition) is 2. The molecule has 0 saturated heterocycles. The van der Waals surface area contributed by atoms with E-state index in [4.69, 9.17) is 34.8 Å². The third-order valence-electron chi connectivity index (χ3n) is 3.95. The Hall–Kier alpha value is -1.26. The summed E-state index contributed by atoms with van der Waals surface area (Å²) in [5, 5.41) is 3.86. The number of nitrogens with one attached hydrogen (secondary N) is 1. The van der Waals surface area contributed by atoms with Crippen LogP contribution in [0.5, 0.6) is 0 Å². The Morgan fingerprint density at radius 3 is 2.32 bits per heavy atom. The molecule has 0 radical (unpaired) electrons. The van der Waals surface area contributed by atoms with Gasteiger partial charge in [-0.3, -0.25) is 9.69 Å². The van der Waals surface area contributed by atoms with Crippen LogP contribution >= 0.6 is 34.8 Å². The van der Waals surface area contributed by atoms with Gasteiger partial charge in [-0.05, 0) is 37.1 Å². The average molecular weight is 400 g/mol. The molecule has 6 heteroatoms. The number of alkyl halides is 1. The Morgan fingerprint density at radius 1 is 1.08 bits per heavy atom. The Labute approximate surface area is 163 Å². The van der Waals surface area contributed by atoms with Crippen LogP contribution in [0.1, 0.15) is 31.0 Å². The van der Waals surface area contributed by atoms with Crippen LogP contribution in [0.25, 0.3) is 0 Å². The van der Waals surface area contributed by atoms with Crippen LogP contribution in [0.2, 0.25) is 10.0 Å². The molecule has 0 heterocycles. The van der Waals surface area contributed by atoms with E-state index in [1.165, 1.54) is 0 Å². The third kappa shape index (κ3) is 5.35. The van der Waals surface area contributed by atoms with Crippen LogP contribution in [0.4, 0.5) is 0 Å². The van der Waals surface area contributed by atoms with Crippen molar-refractivity contribution in [2.24, 2.45) is 0 Å². The highest BCUT2D eigenvalue weighted by Gasteiger charge is 2.29. The summed E-state index contributed by atoms with van der Waals surface area (Å²) in [5.74, 6) is -0.128. The van der Waals surface area contributed by atoms with Gasteiger partial charge in [0, 0.05) is 12.6 Å². The standard InChI is InChI=1S/C19H21Cl3N2O/c1-13(2)24(12-20)18(15-8-9-16(21)17(22)10-15)19(25)23-11-14-6-4-3-5-7-14/h3-10,13,18H,11-12H2,1-2H3,(H,23,25). The molecule has 2 aromatic rings. The van der Waals surface area contributed by atoms with Gasteiger partial charge in [0.15, 0.2) is 0 Å². The SMILES string of the molecule is CC(C)N(CCl)C(C(=O)NCc1ccccc1)c1ccc(Cl)c(Cl)c1. The molecule has 1 unspecified atom stereocenters. The van der Waals surface area contributed by atoms with Crippen molar-refractivity contribution < 1.29 is 4.79 Å². The molecule has 134 valence electrons. The molecule has 0 aliphatic carbocycles. The first kappa shape index (κ1) is 20.1. The van der Waals surface area contributed by atoms with E-state index in [1.807, 2.05) is 55.1 Å². The van der Waals surface area contributed by atoms with Crippen molar-refractivity contribution in [1.82, 2.24) is 10.2 Å². The molecule has 3 nitrogen and oxygen atoms in total. The molecule has 0 saturated carbocycles. The molecule has 1 atom stereocenters. The number of amides is 1. The first-order valence-electron chi connectivity index (χ1n) is 8.02. The van der Waals surface area contributed by atoms with E-state index in [1.54, 1.807) is 12.1 Å². The summed E-state index contributed by atoms with van der Waals surface area (Å²) in [6, 6.07) is 14.8. The summed E-state index contributed by atoms with van der Waals surface area (Å²) in [6.07, 6.45) is 0. The summed E-state index contributed by atoms with van der Waals surface area (Å²) in [7, 11) is 0. The van der Waals surface area contributed by atoms with Crippen molar-refractivity contribution >= 4 is 40.7 Å². The maximum absolute atomic E-state index is 12.9. The largest absolute Gasteiger partial charge is 0.350 e. The van der Waals surface area contributed by atoms with Gasteiger partial charge in [0.05, 0.1) is 16.0 Å².